The maximum atomic E-state index is 13.7. The Hall–Kier alpha value is -0.270. The van der Waals surface area contributed by atoms with E-state index in [1.165, 1.54) is 12.1 Å². The van der Waals surface area contributed by atoms with Crippen molar-refractivity contribution >= 4 is 22.6 Å². The zero-order chi connectivity index (χ0) is 15.7. The van der Waals surface area contributed by atoms with Crippen LogP contribution in [0.3, 0.4) is 0 Å². The van der Waals surface area contributed by atoms with Crippen LogP contribution >= 0.6 is 22.6 Å². The van der Waals surface area contributed by atoms with Gasteiger partial charge in [0.05, 0.1) is 16.8 Å². The molecule has 2 aliphatic rings. The molecule has 22 heavy (non-hydrogen) atoms. The Morgan fingerprint density at radius 1 is 1.00 bits per heavy atom. The van der Waals surface area contributed by atoms with Crippen LogP contribution in [-0.4, -0.2) is 19.5 Å². The molecule has 0 bridgehead atoms. The van der Waals surface area contributed by atoms with E-state index in [-0.39, 0.29) is 15.8 Å². The number of benzene rings is 1. The van der Waals surface area contributed by atoms with Crippen LogP contribution in [-0.2, 0) is 9.47 Å². The third-order valence-corrected chi connectivity index (χ3v) is 5.75. The quantitative estimate of drug-likeness (QED) is 0.501. The highest BCUT2D eigenvalue weighted by Gasteiger charge is 2.32. The zero-order valence-electron chi connectivity index (χ0n) is 12.7. The highest BCUT2D eigenvalue weighted by Crippen LogP contribution is 2.39. The molecule has 5 heteroatoms. The Labute approximate surface area is 143 Å². The second-order valence-electron chi connectivity index (χ2n) is 6.55. The normalized spacial score (nSPS) is 32.9. The lowest BCUT2D eigenvalue weighted by atomic mass is 9.78. The van der Waals surface area contributed by atoms with E-state index < -0.39 is 11.6 Å². The smallest absolute Gasteiger partial charge is 0.160 e. The monoisotopic (exact) mass is 422 g/mol. The van der Waals surface area contributed by atoms with Crippen LogP contribution < -0.4 is 0 Å². The minimum atomic E-state index is -0.453. The number of hydrogen-bond acceptors (Lipinski definition) is 2. The Morgan fingerprint density at radius 2 is 1.55 bits per heavy atom. The molecule has 3 rings (SSSR count). The summed E-state index contributed by atoms with van der Waals surface area (Å²) in [7, 11) is 0. The third kappa shape index (κ3) is 3.62. The summed E-state index contributed by atoms with van der Waals surface area (Å²) in [5.41, 5.74) is 0.785. The van der Waals surface area contributed by atoms with Gasteiger partial charge in [-0.2, -0.15) is 0 Å². The van der Waals surface area contributed by atoms with E-state index in [0.29, 0.717) is 11.8 Å². The second-order valence-corrected chi connectivity index (χ2v) is 7.63. The van der Waals surface area contributed by atoms with Crippen LogP contribution in [0.1, 0.15) is 44.1 Å². The molecule has 0 aromatic heterocycles. The Bertz CT molecular complexity index is 498. The van der Waals surface area contributed by atoms with E-state index in [1.54, 1.807) is 22.6 Å². The van der Waals surface area contributed by atoms with Gasteiger partial charge in [0.15, 0.2) is 6.29 Å². The second kappa shape index (κ2) is 7.09. The summed E-state index contributed by atoms with van der Waals surface area (Å²) >= 11 is 1.71. The zero-order valence-corrected chi connectivity index (χ0v) is 14.8. The van der Waals surface area contributed by atoms with Crippen molar-refractivity contribution in [2.24, 2.45) is 11.8 Å². The van der Waals surface area contributed by atoms with Crippen molar-refractivity contribution in [2.75, 3.05) is 13.2 Å². The van der Waals surface area contributed by atoms with Gasteiger partial charge in [-0.25, -0.2) is 8.78 Å². The van der Waals surface area contributed by atoms with E-state index in [4.69, 9.17) is 9.47 Å². The van der Waals surface area contributed by atoms with Crippen molar-refractivity contribution in [3.63, 3.8) is 0 Å². The van der Waals surface area contributed by atoms with E-state index in [0.717, 1.165) is 44.5 Å². The third-order valence-electron chi connectivity index (χ3n) is 4.72. The Kier molecular flexibility index (Phi) is 5.35. The molecule has 0 amide bonds. The molecule has 0 unspecified atom stereocenters. The number of halogens is 3. The van der Waals surface area contributed by atoms with Gasteiger partial charge in [0.25, 0.3) is 0 Å². The van der Waals surface area contributed by atoms with Crippen molar-refractivity contribution < 1.29 is 18.3 Å². The van der Waals surface area contributed by atoms with Gasteiger partial charge in [0.2, 0.25) is 0 Å². The first-order chi connectivity index (χ1) is 10.5. The molecule has 1 aromatic carbocycles. The predicted molar refractivity (Wildman–Crippen MR) is 88.6 cm³/mol. The van der Waals surface area contributed by atoms with Gasteiger partial charge in [-0.05, 0) is 71.9 Å². The van der Waals surface area contributed by atoms with Crippen LogP contribution in [0.4, 0.5) is 8.78 Å². The van der Waals surface area contributed by atoms with Crippen LogP contribution in [0.5, 0.6) is 0 Å². The lowest BCUT2D eigenvalue weighted by molar-refractivity contribution is -0.226. The summed E-state index contributed by atoms with van der Waals surface area (Å²) in [4.78, 5) is 0. The molecule has 0 spiro atoms. The van der Waals surface area contributed by atoms with Gasteiger partial charge >= 0.3 is 0 Å². The van der Waals surface area contributed by atoms with Crippen LogP contribution in [0, 0.1) is 27.0 Å². The van der Waals surface area contributed by atoms with Gasteiger partial charge in [-0.3, -0.25) is 0 Å². The average Bonchev–Trinajstić information content (AvgIpc) is 2.53. The van der Waals surface area contributed by atoms with E-state index in [9.17, 15) is 8.78 Å². The molecule has 2 fully saturated rings. The maximum Gasteiger partial charge on any atom is 0.160 e. The number of rotatable bonds is 2. The molecule has 0 atom stereocenters. The van der Waals surface area contributed by atoms with Gasteiger partial charge in [0, 0.05) is 11.8 Å². The fraction of sp³-hybridized carbons (Fsp3) is 0.647. The molecule has 1 aliphatic carbocycles. The largest absolute Gasteiger partial charge is 0.352 e. The summed E-state index contributed by atoms with van der Waals surface area (Å²) in [6.07, 6.45) is 3.74. The first kappa shape index (κ1) is 16.6. The lowest BCUT2D eigenvalue weighted by Gasteiger charge is -2.37. The van der Waals surface area contributed by atoms with E-state index in [2.05, 4.69) is 6.92 Å². The van der Waals surface area contributed by atoms with Crippen molar-refractivity contribution in [3.05, 3.63) is 32.9 Å². The summed E-state index contributed by atoms with van der Waals surface area (Å²) < 4.78 is 39.1. The molecular weight excluding hydrogens is 401 g/mol. The van der Waals surface area contributed by atoms with Crippen LogP contribution in [0.25, 0.3) is 0 Å². The van der Waals surface area contributed by atoms with Crippen molar-refractivity contribution in [1.82, 2.24) is 0 Å². The molecular formula is C17H21F2IO2. The van der Waals surface area contributed by atoms with Crippen LogP contribution in [0.15, 0.2) is 12.1 Å². The van der Waals surface area contributed by atoms with Gasteiger partial charge in [-0.15, -0.1) is 0 Å². The minimum absolute atomic E-state index is 0.0770. The minimum Gasteiger partial charge on any atom is -0.352 e. The predicted octanol–water partition coefficient (Wildman–Crippen LogP) is 4.85. The Morgan fingerprint density at radius 3 is 2.09 bits per heavy atom. The average molecular weight is 422 g/mol. The molecule has 122 valence electrons. The topological polar surface area (TPSA) is 18.5 Å². The number of ether oxygens (including phenoxy) is 2. The lowest BCUT2D eigenvalue weighted by Crippen LogP contribution is -2.37. The summed E-state index contributed by atoms with van der Waals surface area (Å²) in [6, 6.07) is 2.98. The molecule has 1 heterocycles. The highest BCUT2D eigenvalue weighted by molar-refractivity contribution is 14.1. The van der Waals surface area contributed by atoms with Gasteiger partial charge in [0.1, 0.15) is 11.6 Å². The van der Waals surface area contributed by atoms with Crippen molar-refractivity contribution in [2.45, 2.75) is 44.8 Å². The number of hydrogen-bond donors (Lipinski definition) is 0. The fourth-order valence-electron chi connectivity index (χ4n) is 3.42. The SMILES string of the molecule is CC1COC(C2CCC(c3cc(F)c(I)c(F)c3)CC2)OC1. The summed E-state index contributed by atoms with van der Waals surface area (Å²) in [5.74, 6) is 0.198. The first-order valence-corrected chi connectivity index (χ1v) is 9.00. The van der Waals surface area contributed by atoms with Gasteiger partial charge in [-0.1, -0.05) is 6.92 Å². The summed E-state index contributed by atoms with van der Waals surface area (Å²) in [5, 5.41) is 0. The van der Waals surface area contributed by atoms with Gasteiger partial charge < -0.3 is 9.47 Å². The molecule has 1 aromatic rings. The molecule has 0 N–H and O–H groups in total. The molecule has 2 nitrogen and oxygen atoms in total. The molecule has 1 saturated carbocycles. The molecule has 0 radical (unpaired) electrons. The highest BCUT2D eigenvalue weighted by atomic mass is 127. The molecule has 1 saturated heterocycles. The van der Waals surface area contributed by atoms with E-state index >= 15 is 0 Å². The molecule has 1 aliphatic heterocycles. The summed E-state index contributed by atoms with van der Waals surface area (Å²) in [6.45, 7) is 3.64. The Balaban J connectivity index is 1.60. The van der Waals surface area contributed by atoms with Crippen LogP contribution in [0.2, 0.25) is 0 Å². The first-order valence-electron chi connectivity index (χ1n) is 7.92. The standard InChI is InChI=1S/C17H21F2IO2/c1-10-8-21-17(22-9-10)12-4-2-11(3-5-12)13-6-14(18)16(20)15(19)7-13/h6-7,10-12,17H,2-5,8-9H2,1H3. The van der Waals surface area contributed by atoms with Crippen molar-refractivity contribution in [3.8, 4) is 0 Å². The van der Waals surface area contributed by atoms with E-state index in [1.807, 2.05) is 0 Å². The maximum absolute atomic E-state index is 13.7. The fourth-order valence-corrected chi connectivity index (χ4v) is 3.73. The van der Waals surface area contributed by atoms with Crippen molar-refractivity contribution in [1.29, 1.82) is 0 Å².